The molecule has 7 nitrogen and oxygen atoms in total. The Morgan fingerprint density at radius 2 is 1.84 bits per heavy atom. The quantitative estimate of drug-likeness (QED) is 0.210. The Morgan fingerprint density at radius 1 is 1.11 bits per heavy atom. The normalized spacial score (nSPS) is 13.4. The fourth-order valence-electron chi connectivity index (χ4n) is 5.16. The lowest BCUT2D eigenvalue weighted by molar-refractivity contribution is -0.143. The van der Waals surface area contributed by atoms with E-state index in [-0.39, 0.29) is 11.4 Å². The van der Waals surface area contributed by atoms with E-state index in [9.17, 15) is 13.2 Å². The highest BCUT2D eigenvalue weighted by atomic mass is 19.4. The van der Waals surface area contributed by atoms with E-state index in [1.807, 2.05) is 18.2 Å². The molecule has 0 saturated carbocycles. The average molecular weight is 506 g/mol. The number of aryl methyl sites for hydroxylation is 2. The Bertz CT molecular complexity index is 1570. The van der Waals surface area contributed by atoms with Crippen molar-refractivity contribution in [3.8, 4) is 11.3 Å². The SMILES string of the molecule is CNc1ccc2nc(-c3ccc(N)c(C=N)c3)c3c(c2c1C(=N)c1cc(C(F)(F)F)n(C)n1)CCCC3. The van der Waals surface area contributed by atoms with E-state index < -0.39 is 11.9 Å². The number of benzene rings is 2. The van der Waals surface area contributed by atoms with Crippen molar-refractivity contribution in [3.63, 3.8) is 0 Å². The molecule has 2 aromatic heterocycles. The summed E-state index contributed by atoms with van der Waals surface area (Å²) in [5.41, 5.74) is 11.6. The zero-order valence-electron chi connectivity index (χ0n) is 20.4. The Morgan fingerprint density at radius 3 is 2.49 bits per heavy atom. The number of alkyl halides is 3. The molecule has 2 heterocycles. The van der Waals surface area contributed by atoms with Gasteiger partial charge in [-0.25, -0.2) is 4.98 Å². The van der Waals surface area contributed by atoms with E-state index in [4.69, 9.17) is 21.5 Å². The lowest BCUT2D eigenvalue weighted by atomic mass is 9.83. The minimum Gasteiger partial charge on any atom is -0.398 e. The molecule has 10 heteroatoms. The number of pyridine rings is 1. The number of nitrogens with one attached hydrogen (secondary N) is 3. The number of hydrogen-bond donors (Lipinski definition) is 4. The third kappa shape index (κ3) is 4.12. The molecule has 0 atom stereocenters. The summed E-state index contributed by atoms with van der Waals surface area (Å²) in [6, 6.07) is 10.1. The molecule has 0 spiro atoms. The molecule has 0 bridgehead atoms. The smallest absolute Gasteiger partial charge is 0.398 e. The maximum absolute atomic E-state index is 13.5. The fourth-order valence-corrected chi connectivity index (χ4v) is 5.16. The second kappa shape index (κ2) is 9.02. The minimum absolute atomic E-state index is 0.0541. The van der Waals surface area contributed by atoms with Crippen LogP contribution in [0.15, 0.2) is 36.4 Å². The first kappa shape index (κ1) is 24.5. The Hall–Kier alpha value is -4.21. The summed E-state index contributed by atoms with van der Waals surface area (Å²) in [7, 11) is 2.95. The number of nitrogen functional groups attached to an aromatic ring is 1. The number of halogens is 3. The first-order valence-corrected chi connectivity index (χ1v) is 11.9. The maximum Gasteiger partial charge on any atom is 0.433 e. The molecule has 190 valence electrons. The van der Waals surface area contributed by atoms with Crippen molar-refractivity contribution in [1.29, 1.82) is 10.8 Å². The van der Waals surface area contributed by atoms with E-state index in [1.54, 1.807) is 19.2 Å². The Kier molecular flexibility index (Phi) is 5.97. The number of nitrogens with two attached hydrogens (primary N) is 1. The first-order chi connectivity index (χ1) is 17.6. The predicted octanol–water partition coefficient (Wildman–Crippen LogP) is 5.57. The van der Waals surface area contributed by atoms with Crippen LogP contribution in [0.1, 0.15) is 46.5 Å². The van der Waals surface area contributed by atoms with Crippen molar-refractivity contribution in [3.05, 3.63) is 70.0 Å². The van der Waals surface area contributed by atoms with E-state index in [1.165, 1.54) is 13.3 Å². The summed E-state index contributed by atoms with van der Waals surface area (Å²) in [5.74, 6) is 0. The Balaban J connectivity index is 1.78. The van der Waals surface area contributed by atoms with Gasteiger partial charge < -0.3 is 16.5 Å². The third-order valence-electron chi connectivity index (χ3n) is 6.93. The minimum atomic E-state index is -4.57. The molecule has 2 aromatic carbocycles. The van der Waals surface area contributed by atoms with E-state index >= 15 is 0 Å². The fraction of sp³-hybridized carbons (Fsp3) is 0.259. The molecule has 0 saturated heterocycles. The highest BCUT2D eigenvalue weighted by Gasteiger charge is 2.36. The molecule has 4 aromatic rings. The number of anilines is 2. The van der Waals surface area contributed by atoms with Crippen molar-refractivity contribution in [2.75, 3.05) is 18.1 Å². The van der Waals surface area contributed by atoms with Crippen molar-refractivity contribution in [2.45, 2.75) is 31.9 Å². The van der Waals surface area contributed by atoms with Crippen molar-refractivity contribution in [1.82, 2.24) is 14.8 Å². The van der Waals surface area contributed by atoms with E-state index in [2.05, 4.69) is 10.4 Å². The van der Waals surface area contributed by atoms with Gasteiger partial charge in [-0.1, -0.05) is 6.07 Å². The van der Waals surface area contributed by atoms with Crippen LogP contribution in [0.5, 0.6) is 0 Å². The predicted molar refractivity (Wildman–Crippen MR) is 140 cm³/mol. The van der Waals surface area contributed by atoms with Gasteiger partial charge in [0.1, 0.15) is 11.4 Å². The van der Waals surface area contributed by atoms with Crippen LogP contribution < -0.4 is 11.1 Å². The molecule has 0 fully saturated rings. The van der Waals surface area contributed by atoms with Crippen molar-refractivity contribution < 1.29 is 13.2 Å². The van der Waals surface area contributed by atoms with Gasteiger partial charge >= 0.3 is 6.18 Å². The zero-order valence-corrected chi connectivity index (χ0v) is 20.4. The Labute approximate surface area is 211 Å². The van der Waals surface area contributed by atoms with Crippen LogP contribution in [0.2, 0.25) is 0 Å². The van der Waals surface area contributed by atoms with Gasteiger partial charge in [-0.2, -0.15) is 18.3 Å². The number of nitrogens with zero attached hydrogens (tertiary/aromatic N) is 3. The number of fused-ring (bicyclic) bond motifs is 3. The summed E-state index contributed by atoms with van der Waals surface area (Å²) in [6.07, 6.45) is 0.125. The monoisotopic (exact) mass is 505 g/mol. The van der Waals surface area contributed by atoms with Gasteiger partial charge in [0.15, 0.2) is 0 Å². The van der Waals surface area contributed by atoms with Crippen LogP contribution in [0.3, 0.4) is 0 Å². The highest BCUT2D eigenvalue weighted by molar-refractivity contribution is 6.21. The van der Waals surface area contributed by atoms with Crippen LogP contribution in [0.25, 0.3) is 22.2 Å². The van der Waals surface area contributed by atoms with Gasteiger partial charge in [0.2, 0.25) is 0 Å². The summed E-state index contributed by atoms with van der Waals surface area (Å²) in [6.45, 7) is 0. The second-order valence-corrected chi connectivity index (χ2v) is 9.16. The zero-order chi connectivity index (χ0) is 26.5. The molecule has 0 amide bonds. The van der Waals surface area contributed by atoms with Gasteiger partial charge in [-0.15, -0.1) is 0 Å². The molecule has 0 aliphatic heterocycles. The summed E-state index contributed by atoms with van der Waals surface area (Å²) < 4.78 is 41.1. The molecule has 5 N–H and O–H groups in total. The van der Waals surface area contributed by atoms with Gasteiger partial charge in [-0.3, -0.25) is 10.1 Å². The summed E-state index contributed by atoms with van der Waals surface area (Å²) >= 11 is 0. The van der Waals surface area contributed by atoms with Crippen LogP contribution in [0.4, 0.5) is 24.5 Å². The maximum atomic E-state index is 13.5. The lowest BCUT2D eigenvalue weighted by Gasteiger charge is -2.24. The number of hydrogen-bond acceptors (Lipinski definition) is 6. The summed E-state index contributed by atoms with van der Waals surface area (Å²) in [5, 5.41) is 24.6. The van der Waals surface area contributed by atoms with Crippen LogP contribution in [-0.2, 0) is 26.1 Å². The average Bonchev–Trinajstić information content (AvgIpc) is 3.29. The molecule has 0 radical (unpaired) electrons. The largest absolute Gasteiger partial charge is 0.433 e. The topological polar surface area (TPSA) is 116 Å². The molecule has 37 heavy (non-hydrogen) atoms. The lowest BCUT2D eigenvalue weighted by Crippen LogP contribution is -2.13. The molecule has 5 rings (SSSR count). The van der Waals surface area contributed by atoms with E-state index in [0.29, 0.717) is 28.0 Å². The molecular weight excluding hydrogens is 479 g/mol. The first-order valence-electron chi connectivity index (χ1n) is 11.9. The van der Waals surface area contributed by atoms with E-state index in [0.717, 1.165) is 64.2 Å². The molecule has 1 aliphatic carbocycles. The van der Waals surface area contributed by atoms with Crippen molar-refractivity contribution in [2.24, 2.45) is 7.05 Å². The van der Waals surface area contributed by atoms with Crippen LogP contribution in [-0.4, -0.2) is 33.7 Å². The van der Waals surface area contributed by atoms with Gasteiger partial charge in [0, 0.05) is 53.8 Å². The molecule has 0 unspecified atom stereocenters. The standard InChI is InChI=1S/C27H26F3N7/c1-34-19-9-10-20-23(24(19)25(33)21-12-22(27(28,29)30)37(2)36-21)16-5-3-4-6-17(16)26(35-20)14-7-8-18(32)15(11-14)13-31/h7-13,31,33-34H,3-6,32H2,1-2H3. The molecule has 1 aliphatic rings. The highest BCUT2D eigenvalue weighted by Crippen LogP contribution is 2.40. The van der Waals surface area contributed by atoms with Crippen molar-refractivity contribution >= 4 is 34.2 Å². The second-order valence-electron chi connectivity index (χ2n) is 9.16. The number of aromatic nitrogens is 3. The number of rotatable bonds is 5. The van der Waals surface area contributed by atoms with Crippen LogP contribution >= 0.6 is 0 Å². The molecular formula is C27H26F3N7. The van der Waals surface area contributed by atoms with Gasteiger partial charge in [0.25, 0.3) is 0 Å². The summed E-state index contributed by atoms with van der Waals surface area (Å²) in [4.78, 5) is 4.99. The van der Waals surface area contributed by atoms with Gasteiger partial charge in [-0.05, 0) is 67.1 Å². The third-order valence-corrected chi connectivity index (χ3v) is 6.93. The van der Waals surface area contributed by atoms with Crippen LogP contribution in [0, 0.1) is 10.8 Å². The van der Waals surface area contributed by atoms with Gasteiger partial charge in [0.05, 0.1) is 16.9 Å².